The number of nitrogens with one attached hydrogen (secondary N) is 1. The average Bonchev–Trinajstić information content (AvgIpc) is 2.61. The monoisotopic (exact) mass is 345 g/mol. The van der Waals surface area contributed by atoms with Crippen molar-refractivity contribution in [3.8, 4) is 6.07 Å². The Hall–Kier alpha value is -2.39. The maximum absolute atomic E-state index is 13.0. The number of rotatable bonds is 3. The Morgan fingerprint density at radius 2 is 2.12 bits per heavy atom. The highest BCUT2D eigenvalue weighted by Gasteiger charge is 2.33. The fourth-order valence-electron chi connectivity index (χ4n) is 3.25. The van der Waals surface area contributed by atoms with Gasteiger partial charge in [0.1, 0.15) is 0 Å². The molecule has 1 heterocycles. The minimum Gasteiger partial charge on any atom is -0.303 e. The standard InChI is InChI=1S/C19H18F3N3/c1-12(14-5-2-4-13(8-14)10-23)25-18-7-3-6-17-16(18)9-15(11-24-17)19(20,21)22/h2,4-5,8-9,11-12,18,25H,3,6-7H2,1H3. The van der Waals surface area contributed by atoms with Gasteiger partial charge in [-0.3, -0.25) is 4.98 Å². The summed E-state index contributed by atoms with van der Waals surface area (Å²) in [7, 11) is 0. The van der Waals surface area contributed by atoms with Crippen LogP contribution in [-0.2, 0) is 12.6 Å². The molecule has 0 saturated carbocycles. The van der Waals surface area contributed by atoms with Crippen LogP contribution in [0.4, 0.5) is 13.2 Å². The second-order valence-electron chi connectivity index (χ2n) is 6.33. The Balaban J connectivity index is 1.86. The van der Waals surface area contributed by atoms with Gasteiger partial charge in [-0.25, -0.2) is 0 Å². The Bertz CT molecular complexity index is 808. The Kier molecular flexibility index (Phi) is 4.78. The molecule has 0 aliphatic heterocycles. The van der Waals surface area contributed by atoms with E-state index < -0.39 is 11.7 Å². The molecular weight excluding hydrogens is 327 g/mol. The van der Waals surface area contributed by atoms with E-state index in [1.54, 1.807) is 12.1 Å². The maximum Gasteiger partial charge on any atom is 0.417 e. The van der Waals surface area contributed by atoms with E-state index in [4.69, 9.17) is 5.26 Å². The van der Waals surface area contributed by atoms with Crippen LogP contribution in [0.1, 0.15) is 59.8 Å². The summed E-state index contributed by atoms with van der Waals surface area (Å²) in [5, 5.41) is 12.4. The highest BCUT2D eigenvalue weighted by Crippen LogP contribution is 2.35. The lowest BCUT2D eigenvalue weighted by Gasteiger charge is -2.29. The van der Waals surface area contributed by atoms with Gasteiger partial charge < -0.3 is 5.32 Å². The van der Waals surface area contributed by atoms with Gasteiger partial charge in [-0.2, -0.15) is 18.4 Å². The summed E-state index contributed by atoms with van der Waals surface area (Å²) in [6, 6.07) is 10.3. The van der Waals surface area contributed by atoms with E-state index in [2.05, 4.69) is 16.4 Å². The topological polar surface area (TPSA) is 48.7 Å². The fourth-order valence-corrected chi connectivity index (χ4v) is 3.25. The number of halogens is 3. The van der Waals surface area contributed by atoms with Crippen molar-refractivity contribution in [1.29, 1.82) is 5.26 Å². The summed E-state index contributed by atoms with van der Waals surface area (Å²) in [4.78, 5) is 4.04. The molecule has 0 fully saturated rings. The smallest absolute Gasteiger partial charge is 0.303 e. The zero-order valence-corrected chi connectivity index (χ0v) is 13.8. The van der Waals surface area contributed by atoms with E-state index in [0.29, 0.717) is 17.5 Å². The number of alkyl halides is 3. The first-order valence-corrected chi connectivity index (χ1v) is 8.20. The minimum absolute atomic E-state index is 0.0845. The lowest BCUT2D eigenvalue weighted by Crippen LogP contribution is -2.28. The van der Waals surface area contributed by atoms with E-state index in [1.165, 1.54) is 6.07 Å². The third-order valence-corrected chi connectivity index (χ3v) is 4.58. The number of aryl methyl sites for hydroxylation is 1. The van der Waals surface area contributed by atoms with Gasteiger partial charge in [0.2, 0.25) is 0 Å². The van der Waals surface area contributed by atoms with E-state index in [9.17, 15) is 13.2 Å². The van der Waals surface area contributed by atoms with Gasteiger partial charge in [-0.15, -0.1) is 0 Å². The zero-order chi connectivity index (χ0) is 18.0. The van der Waals surface area contributed by atoms with Crippen LogP contribution in [-0.4, -0.2) is 4.98 Å². The molecule has 0 bridgehead atoms. The lowest BCUT2D eigenvalue weighted by molar-refractivity contribution is -0.137. The average molecular weight is 345 g/mol. The van der Waals surface area contributed by atoms with Crippen LogP contribution in [0.2, 0.25) is 0 Å². The summed E-state index contributed by atoms with van der Waals surface area (Å²) in [6.45, 7) is 1.95. The van der Waals surface area contributed by atoms with Gasteiger partial charge in [0, 0.05) is 24.0 Å². The van der Waals surface area contributed by atoms with Gasteiger partial charge in [-0.1, -0.05) is 12.1 Å². The molecule has 1 aromatic heterocycles. The summed E-state index contributed by atoms with van der Waals surface area (Å²) in [5.74, 6) is 0. The van der Waals surface area contributed by atoms with Crippen molar-refractivity contribution >= 4 is 0 Å². The van der Waals surface area contributed by atoms with Crippen LogP contribution in [0.5, 0.6) is 0 Å². The molecule has 2 unspecified atom stereocenters. The SMILES string of the molecule is CC(NC1CCCc2ncc(C(F)(F)F)cc21)c1cccc(C#N)c1. The second-order valence-corrected chi connectivity index (χ2v) is 6.33. The molecule has 130 valence electrons. The molecule has 0 radical (unpaired) electrons. The van der Waals surface area contributed by atoms with Crippen LogP contribution in [0, 0.1) is 11.3 Å². The molecule has 2 atom stereocenters. The highest BCUT2D eigenvalue weighted by atomic mass is 19.4. The lowest BCUT2D eigenvalue weighted by atomic mass is 9.89. The number of fused-ring (bicyclic) bond motifs is 1. The number of aromatic nitrogens is 1. The molecule has 1 aliphatic rings. The van der Waals surface area contributed by atoms with Crippen molar-refractivity contribution in [2.75, 3.05) is 0 Å². The third-order valence-electron chi connectivity index (χ3n) is 4.58. The molecule has 1 N–H and O–H groups in total. The molecule has 6 heteroatoms. The molecular formula is C19H18F3N3. The van der Waals surface area contributed by atoms with Gasteiger partial charge in [-0.05, 0) is 55.5 Å². The third kappa shape index (κ3) is 3.83. The molecule has 1 aromatic carbocycles. The molecule has 3 rings (SSSR count). The van der Waals surface area contributed by atoms with Gasteiger partial charge in [0.25, 0.3) is 0 Å². The van der Waals surface area contributed by atoms with E-state index in [-0.39, 0.29) is 12.1 Å². The molecule has 1 aliphatic carbocycles. The summed E-state index contributed by atoms with van der Waals surface area (Å²) >= 11 is 0. The molecule has 25 heavy (non-hydrogen) atoms. The maximum atomic E-state index is 13.0. The highest BCUT2D eigenvalue weighted by molar-refractivity contribution is 5.35. The van der Waals surface area contributed by atoms with E-state index in [0.717, 1.165) is 30.3 Å². The first-order valence-electron chi connectivity index (χ1n) is 8.20. The van der Waals surface area contributed by atoms with Crippen LogP contribution < -0.4 is 5.32 Å². The number of nitrogens with zero attached hydrogens (tertiary/aromatic N) is 2. The number of hydrogen-bond donors (Lipinski definition) is 1. The van der Waals surface area contributed by atoms with Crippen molar-refractivity contribution in [3.63, 3.8) is 0 Å². The Morgan fingerprint density at radius 1 is 1.32 bits per heavy atom. The molecule has 2 aromatic rings. The fraction of sp³-hybridized carbons (Fsp3) is 0.368. The van der Waals surface area contributed by atoms with Gasteiger partial charge in [0.05, 0.1) is 17.2 Å². The quantitative estimate of drug-likeness (QED) is 0.877. The summed E-state index contributed by atoms with van der Waals surface area (Å²) < 4.78 is 39.0. The number of hydrogen-bond acceptors (Lipinski definition) is 3. The second kappa shape index (κ2) is 6.85. The Morgan fingerprint density at radius 3 is 2.84 bits per heavy atom. The summed E-state index contributed by atoms with van der Waals surface area (Å²) in [6.07, 6.45) is -1.13. The van der Waals surface area contributed by atoms with Crippen LogP contribution in [0.3, 0.4) is 0 Å². The van der Waals surface area contributed by atoms with Gasteiger partial charge >= 0.3 is 6.18 Å². The van der Waals surface area contributed by atoms with Crippen molar-refractivity contribution in [3.05, 3.63) is 64.5 Å². The number of nitriles is 1. The number of pyridine rings is 1. The predicted molar refractivity (Wildman–Crippen MR) is 87.6 cm³/mol. The molecule has 0 spiro atoms. The first kappa shape index (κ1) is 17.4. The molecule has 0 saturated heterocycles. The van der Waals surface area contributed by atoms with Crippen LogP contribution >= 0.6 is 0 Å². The number of benzene rings is 1. The van der Waals surface area contributed by atoms with Crippen LogP contribution in [0.25, 0.3) is 0 Å². The molecule has 0 amide bonds. The summed E-state index contributed by atoms with van der Waals surface area (Å²) in [5.41, 5.74) is 2.15. The predicted octanol–water partition coefficient (Wildman–Crippen LogP) is 4.70. The first-order chi connectivity index (χ1) is 11.9. The van der Waals surface area contributed by atoms with E-state index >= 15 is 0 Å². The van der Waals surface area contributed by atoms with Crippen molar-refractivity contribution < 1.29 is 13.2 Å². The van der Waals surface area contributed by atoms with Gasteiger partial charge in [0.15, 0.2) is 0 Å². The van der Waals surface area contributed by atoms with Crippen LogP contribution in [0.15, 0.2) is 36.5 Å². The molecule has 3 nitrogen and oxygen atoms in total. The van der Waals surface area contributed by atoms with E-state index in [1.807, 2.05) is 19.1 Å². The van der Waals surface area contributed by atoms with Crippen molar-refractivity contribution in [2.45, 2.75) is 44.4 Å². The zero-order valence-electron chi connectivity index (χ0n) is 13.8. The van der Waals surface area contributed by atoms with Crippen molar-refractivity contribution in [2.24, 2.45) is 0 Å². The Labute approximate surface area is 144 Å². The normalized spacial score (nSPS) is 18.3. The largest absolute Gasteiger partial charge is 0.417 e. The van der Waals surface area contributed by atoms with Crippen molar-refractivity contribution in [1.82, 2.24) is 10.3 Å². The minimum atomic E-state index is -4.39.